The van der Waals surface area contributed by atoms with Gasteiger partial charge in [0.1, 0.15) is 18.7 Å². The average Bonchev–Trinajstić information content (AvgIpc) is 3.22. The van der Waals surface area contributed by atoms with Crippen LogP contribution >= 0.6 is 0 Å². The molecule has 3 amide bonds. The molecule has 1 heterocycles. The van der Waals surface area contributed by atoms with Gasteiger partial charge in [0.05, 0.1) is 0 Å². The number of alkyl carbamates (subject to hydrolysis) is 1. The molecule has 1 aliphatic heterocycles. The lowest BCUT2D eigenvalue weighted by atomic mass is 9.84. The van der Waals surface area contributed by atoms with Crippen molar-refractivity contribution in [2.75, 3.05) is 6.54 Å². The van der Waals surface area contributed by atoms with Gasteiger partial charge in [0, 0.05) is 12.5 Å². The molecule has 0 bridgehead atoms. The highest BCUT2D eigenvalue weighted by atomic mass is 16.5. The third-order valence-electron chi connectivity index (χ3n) is 6.41. The molecule has 180 valence electrons. The van der Waals surface area contributed by atoms with Crippen molar-refractivity contribution in [3.63, 3.8) is 0 Å². The minimum absolute atomic E-state index is 0.0154. The predicted octanol–water partition coefficient (Wildman–Crippen LogP) is 2.35. The van der Waals surface area contributed by atoms with E-state index in [1.807, 2.05) is 30.3 Å². The van der Waals surface area contributed by atoms with Crippen molar-refractivity contribution < 1.29 is 29.0 Å². The second kappa shape index (κ2) is 12.2. The Morgan fingerprint density at radius 1 is 1.00 bits per heavy atom. The van der Waals surface area contributed by atoms with Gasteiger partial charge in [0.2, 0.25) is 11.8 Å². The van der Waals surface area contributed by atoms with E-state index >= 15 is 0 Å². The number of carboxylic acid groups (broad SMARTS) is 1. The van der Waals surface area contributed by atoms with Crippen LogP contribution in [0.25, 0.3) is 0 Å². The molecule has 3 atom stereocenters. The molecular weight excluding hydrogens is 426 g/mol. The summed E-state index contributed by atoms with van der Waals surface area (Å²) in [6, 6.07) is 7.09. The maximum absolute atomic E-state index is 13.1. The molecule has 2 fully saturated rings. The molecule has 1 saturated heterocycles. The Balaban J connectivity index is 1.61. The Morgan fingerprint density at radius 2 is 1.73 bits per heavy atom. The molecule has 4 N–H and O–H groups in total. The van der Waals surface area contributed by atoms with Crippen LogP contribution in [0.4, 0.5) is 4.79 Å². The van der Waals surface area contributed by atoms with Gasteiger partial charge in [-0.15, -0.1) is 0 Å². The van der Waals surface area contributed by atoms with E-state index in [1.165, 1.54) is 0 Å². The number of carbonyl (C=O) groups excluding carboxylic acids is 3. The third kappa shape index (κ3) is 7.76. The van der Waals surface area contributed by atoms with Crippen LogP contribution < -0.4 is 16.0 Å². The fourth-order valence-corrected chi connectivity index (χ4v) is 4.54. The minimum Gasteiger partial charge on any atom is -0.480 e. The summed E-state index contributed by atoms with van der Waals surface area (Å²) in [5, 5.41) is 17.5. The second-order valence-corrected chi connectivity index (χ2v) is 8.91. The highest BCUT2D eigenvalue weighted by Gasteiger charge is 2.34. The summed E-state index contributed by atoms with van der Waals surface area (Å²) < 4.78 is 5.27. The predicted molar refractivity (Wildman–Crippen MR) is 120 cm³/mol. The number of aliphatic carboxylic acids is 1. The Hall–Kier alpha value is -3.10. The summed E-state index contributed by atoms with van der Waals surface area (Å²) in [5.74, 6) is -2.15. The van der Waals surface area contributed by atoms with Gasteiger partial charge < -0.3 is 25.8 Å². The lowest BCUT2D eigenvalue weighted by Crippen LogP contribution is -2.53. The van der Waals surface area contributed by atoms with Crippen LogP contribution in [-0.4, -0.2) is 47.6 Å². The van der Waals surface area contributed by atoms with Crippen molar-refractivity contribution in [3.05, 3.63) is 35.9 Å². The number of nitrogens with one attached hydrogen (secondary N) is 3. The van der Waals surface area contributed by atoms with Crippen molar-refractivity contribution in [3.8, 4) is 0 Å². The smallest absolute Gasteiger partial charge is 0.408 e. The maximum Gasteiger partial charge on any atom is 0.408 e. The number of benzene rings is 1. The van der Waals surface area contributed by atoms with Gasteiger partial charge in [-0.1, -0.05) is 62.4 Å². The largest absolute Gasteiger partial charge is 0.480 e. The van der Waals surface area contributed by atoms with E-state index in [1.54, 1.807) is 0 Å². The van der Waals surface area contributed by atoms with Crippen LogP contribution in [0.2, 0.25) is 0 Å². The zero-order valence-electron chi connectivity index (χ0n) is 18.8. The molecule has 1 aliphatic carbocycles. The van der Waals surface area contributed by atoms with Crippen LogP contribution in [0.15, 0.2) is 30.3 Å². The molecular formula is C24H33N3O6. The highest BCUT2D eigenvalue weighted by molar-refractivity contribution is 5.90. The standard InChI is InChI=1S/C24H33N3O6/c28-21-18(11-12-25-21)14-20(23(30)31)26-22(29)19(13-16-7-3-1-4-8-16)27-24(32)33-15-17-9-5-2-6-10-17/h2,5-6,9-10,16,18-20H,1,3-4,7-8,11-15H2,(H,25,28)(H,26,29)(H,27,32)(H,30,31)/t18-,19-,20-/m0/s1. The van der Waals surface area contributed by atoms with Crippen LogP contribution in [0.1, 0.15) is 56.9 Å². The van der Waals surface area contributed by atoms with E-state index in [2.05, 4.69) is 16.0 Å². The normalized spacial score (nSPS) is 20.4. The number of carboxylic acids is 1. The lowest BCUT2D eigenvalue weighted by Gasteiger charge is -2.27. The zero-order chi connectivity index (χ0) is 23.6. The van der Waals surface area contributed by atoms with E-state index in [9.17, 15) is 24.3 Å². The fraction of sp³-hybridized carbons (Fsp3) is 0.583. The Bertz CT molecular complexity index is 825. The first-order chi connectivity index (χ1) is 15.9. The van der Waals surface area contributed by atoms with Crippen LogP contribution in [-0.2, 0) is 25.7 Å². The first-order valence-corrected chi connectivity index (χ1v) is 11.7. The summed E-state index contributed by atoms with van der Waals surface area (Å²) in [5.41, 5.74) is 0.821. The number of rotatable bonds is 10. The third-order valence-corrected chi connectivity index (χ3v) is 6.41. The quantitative estimate of drug-likeness (QED) is 0.424. The van der Waals surface area contributed by atoms with Crippen LogP contribution in [0.5, 0.6) is 0 Å². The number of amides is 3. The molecule has 0 spiro atoms. The van der Waals surface area contributed by atoms with E-state index < -0.39 is 36.0 Å². The Kier molecular flexibility index (Phi) is 9.09. The number of carbonyl (C=O) groups is 4. The van der Waals surface area contributed by atoms with Gasteiger partial charge in [-0.25, -0.2) is 9.59 Å². The van der Waals surface area contributed by atoms with E-state index in [-0.39, 0.29) is 24.9 Å². The van der Waals surface area contributed by atoms with E-state index in [0.29, 0.717) is 19.4 Å². The first-order valence-electron chi connectivity index (χ1n) is 11.7. The lowest BCUT2D eigenvalue weighted by molar-refractivity contribution is -0.143. The molecule has 9 nitrogen and oxygen atoms in total. The molecule has 2 aliphatic rings. The molecule has 1 saturated carbocycles. The van der Waals surface area contributed by atoms with Crippen LogP contribution in [0.3, 0.4) is 0 Å². The van der Waals surface area contributed by atoms with Gasteiger partial charge in [0.25, 0.3) is 0 Å². The van der Waals surface area contributed by atoms with Gasteiger partial charge in [-0.05, 0) is 30.7 Å². The molecule has 1 aromatic carbocycles. The van der Waals surface area contributed by atoms with Gasteiger partial charge >= 0.3 is 12.1 Å². The topological polar surface area (TPSA) is 134 Å². The van der Waals surface area contributed by atoms with Gasteiger partial charge in [0.15, 0.2) is 0 Å². The van der Waals surface area contributed by atoms with Crippen molar-refractivity contribution >= 4 is 23.9 Å². The monoisotopic (exact) mass is 459 g/mol. The summed E-state index contributed by atoms with van der Waals surface area (Å²) in [6.07, 6.45) is 5.49. The maximum atomic E-state index is 13.1. The van der Waals surface area contributed by atoms with Crippen molar-refractivity contribution in [2.24, 2.45) is 11.8 Å². The minimum atomic E-state index is -1.21. The zero-order valence-corrected chi connectivity index (χ0v) is 18.8. The molecule has 0 unspecified atom stereocenters. The summed E-state index contributed by atoms with van der Waals surface area (Å²) in [4.78, 5) is 49.1. The number of hydrogen-bond donors (Lipinski definition) is 4. The highest BCUT2D eigenvalue weighted by Crippen LogP contribution is 2.27. The first kappa shape index (κ1) is 24.5. The van der Waals surface area contributed by atoms with Crippen molar-refractivity contribution in [2.45, 2.75) is 70.1 Å². The summed E-state index contributed by atoms with van der Waals surface area (Å²) >= 11 is 0. The number of hydrogen-bond acceptors (Lipinski definition) is 5. The Labute approximate surface area is 193 Å². The SMILES string of the molecule is O=C(N[C@@H](CC1CCCCC1)C(=O)N[C@@H](C[C@@H]1CCNC1=O)C(=O)O)OCc1ccccc1. The molecule has 0 radical (unpaired) electrons. The molecule has 33 heavy (non-hydrogen) atoms. The van der Waals surface area contributed by atoms with Crippen LogP contribution in [0, 0.1) is 11.8 Å². The average molecular weight is 460 g/mol. The summed E-state index contributed by atoms with van der Waals surface area (Å²) in [7, 11) is 0. The van der Waals surface area contributed by atoms with Gasteiger partial charge in [-0.2, -0.15) is 0 Å². The van der Waals surface area contributed by atoms with Crippen molar-refractivity contribution in [1.29, 1.82) is 0 Å². The summed E-state index contributed by atoms with van der Waals surface area (Å²) in [6.45, 7) is 0.571. The fourth-order valence-electron chi connectivity index (χ4n) is 4.54. The van der Waals surface area contributed by atoms with E-state index in [0.717, 1.165) is 37.7 Å². The molecule has 1 aromatic rings. The molecule has 9 heteroatoms. The second-order valence-electron chi connectivity index (χ2n) is 8.91. The molecule has 0 aromatic heterocycles. The number of ether oxygens (including phenoxy) is 1. The van der Waals surface area contributed by atoms with Gasteiger partial charge in [-0.3, -0.25) is 9.59 Å². The van der Waals surface area contributed by atoms with Crippen molar-refractivity contribution in [1.82, 2.24) is 16.0 Å². The molecule has 3 rings (SSSR count). The Morgan fingerprint density at radius 3 is 2.36 bits per heavy atom. The van der Waals surface area contributed by atoms with E-state index in [4.69, 9.17) is 4.74 Å².